The molecule has 160 valence electrons. The Kier molecular flexibility index (Phi) is 6.04. The summed E-state index contributed by atoms with van der Waals surface area (Å²) in [5, 5.41) is 0.678. The number of aromatic nitrogens is 2. The predicted molar refractivity (Wildman–Crippen MR) is 117 cm³/mol. The zero-order valence-corrected chi connectivity index (χ0v) is 18.0. The van der Waals surface area contributed by atoms with Crippen LogP contribution < -0.4 is 9.64 Å². The first-order valence-corrected chi connectivity index (χ1v) is 10.4. The van der Waals surface area contributed by atoms with Gasteiger partial charge in [0.15, 0.2) is 0 Å². The molecule has 1 unspecified atom stereocenters. The standard InChI is InChI=1S/C23H22ClFN4O2/c1-15-11-19(7-8-20(15)24)31-22-12-21(26-14-27-22)28-9-10-29(16(2)13-28)23(30)17-3-5-18(25)6-4-17/h3-8,11-12,14,16H,9-10,13H2,1-2H3. The van der Waals surface area contributed by atoms with E-state index >= 15 is 0 Å². The van der Waals surface area contributed by atoms with Crippen LogP contribution in [0.5, 0.6) is 11.6 Å². The number of nitrogens with zero attached hydrogens (tertiary/aromatic N) is 4. The van der Waals surface area contributed by atoms with Crippen molar-refractivity contribution < 1.29 is 13.9 Å². The number of halogens is 2. The number of aryl methyl sites for hydroxylation is 1. The lowest BCUT2D eigenvalue weighted by atomic mass is 10.1. The van der Waals surface area contributed by atoms with Crippen molar-refractivity contribution in [3.8, 4) is 11.6 Å². The van der Waals surface area contributed by atoms with Crippen molar-refractivity contribution in [2.24, 2.45) is 0 Å². The van der Waals surface area contributed by atoms with E-state index in [-0.39, 0.29) is 17.8 Å². The van der Waals surface area contributed by atoms with E-state index in [1.165, 1.54) is 30.6 Å². The van der Waals surface area contributed by atoms with Crippen molar-refractivity contribution in [2.75, 3.05) is 24.5 Å². The molecule has 0 saturated carbocycles. The van der Waals surface area contributed by atoms with E-state index in [2.05, 4.69) is 14.9 Å². The Morgan fingerprint density at radius 3 is 2.61 bits per heavy atom. The van der Waals surface area contributed by atoms with Gasteiger partial charge in [-0.05, 0) is 61.9 Å². The number of rotatable bonds is 4. The highest BCUT2D eigenvalue weighted by Gasteiger charge is 2.29. The van der Waals surface area contributed by atoms with E-state index in [9.17, 15) is 9.18 Å². The van der Waals surface area contributed by atoms with Crippen LogP contribution in [0.4, 0.5) is 10.2 Å². The van der Waals surface area contributed by atoms with Gasteiger partial charge in [-0.3, -0.25) is 4.79 Å². The van der Waals surface area contributed by atoms with E-state index in [4.69, 9.17) is 16.3 Å². The predicted octanol–water partition coefficient (Wildman–Crippen LogP) is 4.72. The minimum Gasteiger partial charge on any atom is -0.439 e. The van der Waals surface area contributed by atoms with Gasteiger partial charge in [0.1, 0.15) is 23.7 Å². The molecule has 1 aliphatic heterocycles. The van der Waals surface area contributed by atoms with Crippen LogP contribution in [0.1, 0.15) is 22.8 Å². The van der Waals surface area contributed by atoms with Gasteiger partial charge in [0.25, 0.3) is 5.91 Å². The molecule has 1 aromatic heterocycles. The number of anilines is 1. The largest absolute Gasteiger partial charge is 0.439 e. The fourth-order valence-electron chi connectivity index (χ4n) is 3.59. The molecule has 1 saturated heterocycles. The molecule has 2 aromatic carbocycles. The quantitative estimate of drug-likeness (QED) is 0.587. The molecule has 8 heteroatoms. The molecule has 0 N–H and O–H groups in total. The summed E-state index contributed by atoms with van der Waals surface area (Å²) in [4.78, 5) is 25.3. The molecule has 0 aliphatic carbocycles. The summed E-state index contributed by atoms with van der Waals surface area (Å²) in [7, 11) is 0. The molecule has 2 heterocycles. The Balaban J connectivity index is 1.44. The van der Waals surface area contributed by atoms with E-state index in [0.29, 0.717) is 41.8 Å². The van der Waals surface area contributed by atoms with Gasteiger partial charge < -0.3 is 14.5 Å². The number of carbonyl (C=O) groups excluding carboxylic acids is 1. The van der Waals surface area contributed by atoms with E-state index in [0.717, 1.165) is 11.4 Å². The third-order valence-corrected chi connectivity index (χ3v) is 5.71. The van der Waals surface area contributed by atoms with Crippen LogP contribution in [-0.2, 0) is 0 Å². The van der Waals surface area contributed by atoms with Gasteiger partial charge in [-0.15, -0.1) is 0 Å². The summed E-state index contributed by atoms with van der Waals surface area (Å²) in [5.41, 5.74) is 1.40. The molecule has 0 spiro atoms. The van der Waals surface area contributed by atoms with Gasteiger partial charge in [-0.25, -0.2) is 14.4 Å². The fraction of sp³-hybridized carbons (Fsp3) is 0.261. The smallest absolute Gasteiger partial charge is 0.254 e. The third kappa shape index (κ3) is 4.77. The van der Waals surface area contributed by atoms with Gasteiger partial charge in [-0.2, -0.15) is 0 Å². The molecule has 1 aliphatic rings. The molecule has 1 amide bonds. The maximum absolute atomic E-state index is 13.2. The summed E-state index contributed by atoms with van der Waals surface area (Å²) in [6, 6.07) is 12.8. The number of amides is 1. The van der Waals surface area contributed by atoms with E-state index < -0.39 is 0 Å². The van der Waals surface area contributed by atoms with Crippen molar-refractivity contribution in [3.63, 3.8) is 0 Å². The zero-order chi connectivity index (χ0) is 22.0. The van der Waals surface area contributed by atoms with Crippen molar-refractivity contribution in [1.29, 1.82) is 0 Å². The number of piperazine rings is 1. The summed E-state index contributed by atoms with van der Waals surface area (Å²) in [6.07, 6.45) is 1.47. The summed E-state index contributed by atoms with van der Waals surface area (Å²) >= 11 is 6.07. The lowest BCUT2D eigenvalue weighted by Crippen LogP contribution is -2.54. The Morgan fingerprint density at radius 1 is 1.13 bits per heavy atom. The molecule has 31 heavy (non-hydrogen) atoms. The highest BCUT2D eigenvalue weighted by atomic mass is 35.5. The van der Waals surface area contributed by atoms with Crippen LogP contribution in [-0.4, -0.2) is 46.5 Å². The Morgan fingerprint density at radius 2 is 1.90 bits per heavy atom. The van der Waals surface area contributed by atoms with Crippen LogP contribution in [0.3, 0.4) is 0 Å². The molecular weight excluding hydrogens is 419 g/mol. The number of carbonyl (C=O) groups is 1. The zero-order valence-electron chi connectivity index (χ0n) is 17.3. The number of hydrogen-bond acceptors (Lipinski definition) is 5. The molecule has 1 atom stereocenters. The molecule has 6 nitrogen and oxygen atoms in total. The van der Waals surface area contributed by atoms with Crippen LogP contribution in [0.2, 0.25) is 5.02 Å². The average molecular weight is 441 g/mol. The normalized spacial score (nSPS) is 16.3. The Labute approximate surface area is 185 Å². The molecule has 0 bridgehead atoms. The molecular formula is C23H22ClFN4O2. The number of ether oxygens (including phenoxy) is 1. The van der Waals surface area contributed by atoms with Crippen molar-refractivity contribution in [3.05, 3.63) is 76.8 Å². The van der Waals surface area contributed by atoms with Crippen molar-refractivity contribution in [1.82, 2.24) is 14.9 Å². The first-order chi connectivity index (χ1) is 14.9. The first-order valence-electron chi connectivity index (χ1n) is 9.98. The second-order valence-corrected chi connectivity index (χ2v) is 7.94. The van der Waals surface area contributed by atoms with Gasteiger partial charge in [0.05, 0.1) is 0 Å². The van der Waals surface area contributed by atoms with Crippen LogP contribution >= 0.6 is 11.6 Å². The molecule has 0 radical (unpaired) electrons. The number of benzene rings is 2. The lowest BCUT2D eigenvalue weighted by molar-refractivity contribution is 0.0673. The second-order valence-electron chi connectivity index (χ2n) is 7.53. The Bertz CT molecular complexity index is 1090. The van der Waals surface area contributed by atoms with Crippen molar-refractivity contribution in [2.45, 2.75) is 19.9 Å². The third-order valence-electron chi connectivity index (χ3n) is 5.28. The minimum absolute atomic E-state index is 0.0375. The monoisotopic (exact) mass is 440 g/mol. The van der Waals surface area contributed by atoms with Crippen LogP contribution in [0, 0.1) is 12.7 Å². The van der Waals surface area contributed by atoms with Crippen LogP contribution in [0.15, 0.2) is 54.9 Å². The SMILES string of the molecule is Cc1cc(Oc2cc(N3CCN(C(=O)c4ccc(F)cc4)C(C)C3)ncn2)ccc1Cl. The highest BCUT2D eigenvalue weighted by Crippen LogP contribution is 2.27. The summed E-state index contributed by atoms with van der Waals surface area (Å²) in [5.74, 6) is 1.36. The maximum atomic E-state index is 13.2. The topological polar surface area (TPSA) is 58.6 Å². The van der Waals surface area contributed by atoms with Gasteiger partial charge in [0.2, 0.25) is 5.88 Å². The summed E-state index contributed by atoms with van der Waals surface area (Å²) in [6.45, 7) is 5.67. The first kappa shape index (κ1) is 21.1. The molecule has 4 rings (SSSR count). The van der Waals surface area contributed by atoms with Gasteiger partial charge in [-0.1, -0.05) is 11.6 Å². The van der Waals surface area contributed by atoms with Crippen LogP contribution in [0.25, 0.3) is 0 Å². The maximum Gasteiger partial charge on any atom is 0.254 e. The highest BCUT2D eigenvalue weighted by molar-refractivity contribution is 6.31. The lowest BCUT2D eigenvalue weighted by Gasteiger charge is -2.40. The van der Waals surface area contributed by atoms with E-state index in [1.807, 2.05) is 19.9 Å². The van der Waals surface area contributed by atoms with Crippen molar-refractivity contribution >= 4 is 23.3 Å². The Hall–Kier alpha value is -3.19. The summed E-state index contributed by atoms with van der Waals surface area (Å²) < 4.78 is 19.0. The van der Waals surface area contributed by atoms with Gasteiger partial charge >= 0.3 is 0 Å². The van der Waals surface area contributed by atoms with Gasteiger partial charge in [0, 0.05) is 42.3 Å². The number of hydrogen-bond donors (Lipinski definition) is 0. The average Bonchev–Trinajstić information content (AvgIpc) is 2.76. The fourth-order valence-corrected chi connectivity index (χ4v) is 3.70. The molecule has 3 aromatic rings. The molecule has 1 fully saturated rings. The van der Waals surface area contributed by atoms with E-state index in [1.54, 1.807) is 23.1 Å². The second kappa shape index (κ2) is 8.89. The minimum atomic E-state index is -0.357.